The molecule has 2 saturated heterocycles. The third-order valence-electron chi connectivity index (χ3n) is 7.46. The van der Waals surface area contributed by atoms with Crippen LogP contribution >= 0.6 is 22.6 Å². The van der Waals surface area contributed by atoms with Gasteiger partial charge in [-0.25, -0.2) is 14.8 Å². The molecule has 0 atom stereocenters. The number of hydrogen-bond acceptors (Lipinski definition) is 5. The highest BCUT2D eigenvalue weighted by Crippen LogP contribution is 2.45. The maximum atomic E-state index is 13.0. The van der Waals surface area contributed by atoms with Gasteiger partial charge in [-0.2, -0.15) is 0 Å². The van der Waals surface area contributed by atoms with Gasteiger partial charge >= 0.3 is 6.03 Å². The minimum absolute atomic E-state index is 0.0336. The molecule has 1 spiro atoms. The van der Waals surface area contributed by atoms with Crippen molar-refractivity contribution in [1.82, 2.24) is 15.3 Å². The van der Waals surface area contributed by atoms with Crippen molar-refractivity contribution in [2.45, 2.75) is 50.5 Å². The van der Waals surface area contributed by atoms with E-state index in [4.69, 9.17) is 9.72 Å². The Kier molecular flexibility index (Phi) is 5.77. The summed E-state index contributed by atoms with van der Waals surface area (Å²) in [6.45, 7) is 7.99. The lowest BCUT2D eigenvalue weighted by Crippen LogP contribution is -2.49. The van der Waals surface area contributed by atoms with Crippen LogP contribution in [0.2, 0.25) is 0 Å². The van der Waals surface area contributed by atoms with Crippen LogP contribution < -0.4 is 15.1 Å². The van der Waals surface area contributed by atoms with Crippen molar-refractivity contribution in [2.24, 2.45) is 0 Å². The second kappa shape index (κ2) is 8.44. The number of halogens is 1. The molecular weight excluding hydrogens is 517 g/mol. The highest BCUT2D eigenvalue weighted by molar-refractivity contribution is 14.1. The van der Waals surface area contributed by atoms with E-state index in [1.165, 1.54) is 9.13 Å². The fraction of sp³-hybridized carbons (Fsp3) is 0.542. The monoisotopic (exact) mass is 547 g/mol. The summed E-state index contributed by atoms with van der Waals surface area (Å²) in [6, 6.07) is 8.86. The van der Waals surface area contributed by atoms with Crippen molar-refractivity contribution in [3.8, 4) is 0 Å². The average molecular weight is 547 g/mol. The first-order valence-corrected chi connectivity index (χ1v) is 12.5. The first-order chi connectivity index (χ1) is 15.4. The van der Waals surface area contributed by atoms with Crippen LogP contribution in [-0.2, 0) is 10.2 Å². The third-order valence-corrected chi connectivity index (χ3v) is 8.17. The van der Waals surface area contributed by atoms with E-state index in [-0.39, 0.29) is 17.0 Å². The molecule has 0 bridgehead atoms. The first-order valence-electron chi connectivity index (χ1n) is 11.4. The summed E-state index contributed by atoms with van der Waals surface area (Å²) in [6.07, 6.45) is 5.89. The Hall–Kier alpha value is -1.94. The molecule has 3 aliphatic rings. The SMILES string of the molecule is Cc1nc(N2CCOCC2)ncc1N1C[C@]2(CC[C@@](C)(c3ccc(I)cc3)CC2)NC1=O. The van der Waals surface area contributed by atoms with Gasteiger partial charge in [0.05, 0.1) is 42.9 Å². The zero-order chi connectivity index (χ0) is 22.3. The van der Waals surface area contributed by atoms with Gasteiger partial charge in [-0.15, -0.1) is 0 Å². The zero-order valence-electron chi connectivity index (χ0n) is 18.7. The number of morpholine rings is 1. The fourth-order valence-electron chi connectivity index (χ4n) is 5.24. The number of benzene rings is 1. The number of aromatic nitrogens is 2. The standard InChI is InChI=1S/C24H30IN5O2/c1-17-20(15-26-21(27-17)29-11-13-32-14-12-29)30-16-24(28-22(30)31)9-7-23(2,8-10-24)18-3-5-19(25)6-4-18/h3-6,15H,7-14,16H2,1-2H3,(H,28,31)/t23-,24-. The zero-order valence-corrected chi connectivity index (χ0v) is 20.9. The van der Waals surface area contributed by atoms with E-state index in [0.717, 1.165) is 56.1 Å². The van der Waals surface area contributed by atoms with E-state index in [0.29, 0.717) is 19.8 Å². The number of hydrogen-bond donors (Lipinski definition) is 1. The van der Waals surface area contributed by atoms with Crippen LogP contribution in [0.1, 0.15) is 43.9 Å². The molecule has 1 aliphatic carbocycles. The van der Waals surface area contributed by atoms with E-state index in [2.05, 4.69) is 69.0 Å². The fourth-order valence-corrected chi connectivity index (χ4v) is 5.60. The average Bonchev–Trinajstić information content (AvgIpc) is 3.13. The van der Waals surface area contributed by atoms with Crippen LogP contribution in [0.3, 0.4) is 0 Å². The molecule has 2 aromatic rings. The van der Waals surface area contributed by atoms with Gasteiger partial charge in [0.1, 0.15) is 0 Å². The number of nitrogens with zero attached hydrogens (tertiary/aromatic N) is 4. The summed E-state index contributed by atoms with van der Waals surface area (Å²) in [5, 5.41) is 3.32. The number of carbonyl (C=O) groups is 1. The van der Waals surface area contributed by atoms with Gasteiger partial charge in [0.15, 0.2) is 0 Å². The minimum atomic E-state index is -0.172. The first kappa shape index (κ1) is 21.9. The molecule has 0 radical (unpaired) electrons. The van der Waals surface area contributed by atoms with Gasteiger partial charge in [0.25, 0.3) is 0 Å². The molecule has 1 N–H and O–H groups in total. The summed E-state index contributed by atoms with van der Waals surface area (Å²) in [7, 11) is 0. The lowest BCUT2D eigenvalue weighted by atomic mass is 9.65. The number of anilines is 2. The number of rotatable bonds is 3. The molecule has 0 unspecified atom stereocenters. The van der Waals surface area contributed by atoms with Crippen LogP contribution in [0.4, 0.5) is 16.4 Å². The highest BCUT2D eigenvalue weighted by atomic mass is 127. The molecule has 170 valence electrons. The molecule has 7 nitrogen and oxygen atoms in total. The van der Waals surface area contributed by atoms with E-state index in [1.54, 1.807) is 0 Å². The number of urea groups is 1. The summed E-state index contributed by atoms with van der Waals surface area (Å²) in [4.78, 5) is 26.3. The second-order valence-electron chi connectivity index (χ2n) is 9.60. The van der Waals surface area contributed by atoms with Gasteiger partial charge < -0.3 is 15.0 Å². The Balaban J connectivity index is 1.30. The van der Waals surface area contributed by atoms with Crippen molar-refractivity contribution >= 4 is 40.3 Å². The van der Waals surface area contributed by atoms with Crippen molar-refractivity contribution in [3.05, 3.63) is 45.3 Å². The molecule has 5 rings (SSSR count). The molecule has 1 aromatic heterocycles. The number of amides is 2. The van der Waals surface area contributed by atoms with Gasteiger partial charge in [-0.3, -0.25) is 4.90 Å². The third kappa shape index (κ3) is 4.07. The topological polar surface area (TPSA) is 70.6 Å². The Morgan fingerprint density at radius 1 is 1.09 bits per heavy atom. The Bertz CT molecular complexity index is 998. The predicted molar refractivity (Wildman–Crippen MR) is 133 cm³/mol. The Morgan fingerprint density at radius 2 is 1.78 bits per heavy atom. The van der Waals surface area contributed by atoms with Crippen molar-refractivity contribution in [2.75, 3.05) is 42.6 Å². The largest absolute Gasteiger partial charge is 0.378 e. The molecule has 3 heterocycles. The maximum absolute atomic E-state index is 13.0. The molecule has 3 fully saturated rings. The summed E-state index contributed by atoms with van der Waals surface area (Å²) in [5.74, 6) is 0.717. The van der Waals surface area contributed by atoms with Gasteiger partial charge in [-0.05, 0) is 78.3 Å². The van der Waals surface area contributed by atoms with Crippen LogP contribution in [-0.4, -0.2) is 54.4 Å². The van der Waals surface area contributed by atoms with E-state index in [1.807, 2.05) is 18.0 Å². The summed E-state index contributed by atoms with van der Waals surface area (Å²) >= 11 is 2.35. The van der Waals surface area contributed by atoms with Crippen molar-refractivity contribution in [1.29, 1.82) is 0 Å². The smallest absolute Gasteiger partial charge is 0.322 e. The van der Waals surface area contributed by atoms with E-state index < -0.39 is 0 Å². The summed E-state index contributed by atoms with van der Waals surface area (Å²) < 4.78 is 6.69. The predicted octanol–water partition coefficient (Wildman–Crippen LogP) is 4.03. The maximum Gasteiger partial charge on any atom is 0.322 e. The number of carbonyl (C=O) groups excluding carboxylic acids is 1. The molecule has 2 aliphatic heterocycles. The van der Waals surface area contributed by atoms with Gasteiger partial charge in [0.2, 0.25) is 5.95 Å². The number of ether oxygens (including phenoxy) is 1. The normalized spacial score (nSPS) is 28.3. The van der Waals surface area contributed by atoms with Crippen molar-refractivity contribution in [3.63, 3.8) is 0 Å². The Labute approximate surface area is 203 Å². The number of nitrogens with one attached hydrogen (secondary N) is 1. The molecule has 8 heteroatoms. The van der Waals surface area contributed by atoms with Gasteiger partial charge in [-0.1, -0.05) is 19.1 Å². The lowest BCUT2D eigenvalue weighted by molar-refractivity contribution is 0.122. The second-order valence-corrected chi connectivity index (χ2v) is 10.8. The summed E-state index contributed by atoms with van der Waals surface area (Å²) in [5.41, 5.74) is 3.04. The van der Waals surface area contributed by atoms with Crippen LogP contribution in [0, 0.1) is 10.5 Å². The van der Waals surface area contributed by atoms with E-state index in [9.17, 15) is 4.79 Å². The highest BCUT2D eigenvalue weighted by Gasteiger charge is 2.48. The molecular formula is C24H30IN5O2. The van der Waals surface area contributed by atoms with Crippen LogP contribution in [0.25, 0.3) is 0 Å². The molecule has 32 heavy (non-hydrogen) atoms. The van der Waals surface area contributed by atoms with Crippen LogP contribution in [0.5, 0.6) is 0 Å². The number of aryl methyl sites for hydroxylation is 1. The van der Waals surface area contributed by atoms with E-state index >= 15 is 0 Å². The molecule has 1 aromatic carbocycles. The lowest BCUT2D eigenvalue weighted by Gasteiger charge is -2.43. The Morgan fingerprint density at radius 3 is 2.44 bits per heavy atom. The van der Waals surface area contributed by atoms with Crippen molar-refractivity contribution < 1.29 is 9.53 Å². The van der Waals surface area contributed by atoms with Crippen LogP contribution in [0.15, 0.2) is 30.5 Å². The molecule has 1 saturated carbocycles. The van der Waals surface area contributed by atoms with Gasteiger partial charge in [0, 0.05) is 16.7 Å². The molecule has 2 amide bonds. The quantitative estimate of drug-likeness (QED) is 0.588. The minimum Gasteiger partial charge on any atom is -0.378 e.